The molecule has 0 amide bonds. The van der Waals surface area contributed by atoms with Crippen LogP contribution in [0.1, 0.15) is 18.9 Å². The van der Waals surface area contributed by atoms with Crippen LogP contribution >= 0.6 is 0 Å². The maximum absolute atomic E-state index is 5.58. The van der Waals surface area contributed by atoms with Crippen molar-refractivity contribution in [3.63, 3.8) is 0 Å². The molecule has 1 unspecified atom stereocenters. The number of nitrogens with zero attached hydrogens (tertiary/aromatic N) is 1. The van der Waals surface area contributed by atoms with E-state index in [0.717, 1.165) is 17.7 Å². The van der Waals surface area contributed by atoms with Crippen molar-refractivity contribution in [1.82, 2.24) is 4.98 Å². The van der Waals surface area contributed by atoms with Crippen LogP contribution in [-0.4, -0.2) is 18.4 Å². The molecule has 1 heterocycles. The Balaban J connectivity index is 2.67. The Kier molecular flexibility index (Phi) is 3.71. The van der Waals surface area contributed by atoms with Gasteiger partial charge in [-0.15, -0.1) is 0 Å². The fourth-order valence-electron chi connectivity index (χ4n) is 1.03. The third kappa shape index (κ3) is 2.70. The maximum atomic E-state index is 5.58. The first-order chi connectivity index (χ1) is 6.27. The standard InChI is InChI=1S/C10H15NO2/c1-4-10(12-3)13-9-5-6-11-7-8(9)2/h5-7,10H,4H2,1-3H3. The van der Waals surface area contributed by atoms with Crippen molar-refractivity contribution in [2.75, 3.05) is 7.11 Å². The summed E-state index contributed by atoms with van der Waals surface area (Å²) in [6, 6.07) is 1.84. The summed E-state index contributed by atoms with van der Waals surface area (Å²) in [5, 5.41) is 0. The number of methoxy groups -OCH3 is 1. The highest BCUT2D eigenvalue weighted by atomic mass is 16.7. The molecular weight excluding hydrogens is 166 g/mol. The van der Waals surface area contributed by atoms with Crippen LogP contribution < -0.4 is 4.74 Å². The van der Waals surface area contributed by atoms with Crippen LogP contribution in [0.25, 0.3) is 0 Å². The van der Waals surface area contributed by atoms with E-state index in [1.165, 1.54) is 0 Å². The molecule has 0 bridgehead atoms. The Morgan fingerprint density at radius 1 is 1.54 bits per heavy atom. The number of aromatic nitrogens is 1. The second-order valence-electron chi connectivity index (χ2n) is 2.83. The molecule has 72 valence electrons. The first-order valence-electron chi connectivity index (χ1n) is 4.38. The van der Waals surface area contributed by atoms with E-state index in [1.807, 2.05) is 19.9 Å². The van der Waals surface area contributed by atoms with Gasteiger partial charge in [-0.05, 0) is 13.0 Å². The molecule has 0 N–H and O–H groups in total. The lowest BCUT2D eigenvalue weighted by Gasteiger charge is -2.16. The fraction of sp³-hybridized carbons (Fsp3) is 0.500. The van der Waals surface area contributed by atoms with E-state index in [9.17, 15) is 0 Å². The fourth-order valence-corrected chi connectivity index (χ4v) is 1.03. The lowest BCUT2D eigenvalue weighted by molar-refractivity contribution is -0.0552. The van der Waals surface area contributed by atoms with Gasteiger partial charge in [-0.1, -0.05) is 6.92 Å². The molecule has 1 aromatic rings. The minimum Gasteiger partial charge on any atom is -0.465 e. The highest BCUT2D eigenvalue weighted by molar-refractivity contribution is 5.28. The number of aryl methyl sites for hydroxylation is 1. The number of hydrogen-bond acceptors (Lipinski definition) is 3. The molecular formula is C10H15NO2. The molecule has 13 heavy (non-hydrogen) atoms. The van der Waals surface area contributed by atoms with Crippen molar-refractivity contribution < 1.29 is 9.47 Å². The van der Waals surface area contributed by atoms with Crippen molar-refractivity contribution in [2.24, 2.45) is 0 Å². The molecule has 3 heteroatoms. The molecule has 0 aromatic carbocycles. The first-order valence-corrected chi connectivity index (χ1v) is 4.38. The van der Waals surface area contributed by atoms with E-state index in [2.05, 4.69) is 4.98 Å². The topological polar surface area (TPSA) is 31.4 Å². The van der Waals surface area contributed by atoms with Gasteiger partial charge in [0.25, 0.3) is 0 Å². The van der Waals surface area contributed by atoms with Gasteiger partial charge in [0.15, 0.2) is 6.29 Å². The highest BCUT2D eigenvalue weighted by Crippen LogP contribution is 2.17. The highest BCUT2D eigenvalue weighted by Gasteiger charge is 2.06. The van der Waals surface area contributed by atoms with E-state index < -0.39 is 0 Å². The van der Waals surface area contributed by atoms with Crippen molar-refractivity contribution in [3.8, 4) is 5.75 Å². The van der Waals surface area contributed by atoms with Gasteiger partial charge in [-0.3, -0.25) is 4.98 Å². The Hall–Kier alpha value is -1.09. The second kappa shape index (κ2) is 4.82. The van der Waals surface area contributed by atoms with Crippen molar-refractivity contribution in [3.05, 3.63) is 24.0 Å². The lowest BCUT2D eigenvalue weighted by Crippen LogP contribution is -2.17. The Morgan fingerprint density at radius 3 is 2.85 bits per heavy atom. The van der Waals surface area contributed by atoms with E-state index in [4.69, 9.17) is 9.47 Å². The Bertz CT molecular complexity index is 259. The van der Waals surface area contributed by atoms with E-state index in [0.29, 0.717) is 0 Å². The smallest absolute Gasteiger partial charge is 0.199 e. The summed E-state index contributed by atoms with van der Waals surface area (Å²) in [6.07, 6.45) is 4.15. The maximum Gasteiger partial charge on any atom is 0.199 e. The number of ether oxygens (including phenoxy) is 2. The summed E-state index contributed by atoms with van der Waals surface area (Å²) < 4.78 is 10.7. The lowest BCUT2D eigenvalue weighted by atomic mass is 10.3. The van der Waals surface area contributed by atoms with Gasteiger partial charge in [0.05, 0.1) is 0 Å². The summed E-state index contributed by atoms with van der Waals surface area (Å²) >= 11 is 0. The largest absolute Gasteiger partial charge is 0.465 e. The molecule has 0 saturated heterocycles. The third-order valence-corrected chi connectivity index (χ3v) is 1.82. The van der Waals surface area contributed by atoms with Gasteiger partial charge in [0.1, 0.15) is 5.75 Å². The third-order valence-electron chi connectivity index (χ3n) is 1.82. The van der Waals surface area contributed by atoms with Gasteiger partial charge in [0.2, 0.25) is 0 Å². The molecule has 0 spiro atoms. The molecule has 1 rings (SSSR count). The Labute approximate surface area is 78.7 Å². The molecule has 0 aliphatic carbocycles. The summed E-state index contributed by atoms with van der Waals surface area (Å²) in [5.41, 5.74) is 1.03. The predicted molar refractivity (Wildman–Crippen MR) is 50.7 cm³/mol. The molecule has 1 aromatic heterocycles. The average molecular weight is 181 g/mol. The van der Waals surface area contributed by atoms with E-state index >= 15 is 0 Å². The van der Waals surface area contributed by atoms with Crippen LogP contribution in [-0.2, 0) is 4.74 Å². The molecule has 0 aliphatic rings. The van der Waals surface area contributed by atoms with Crippen LogP contribution in [0.2, 0.25) is 0 Å². The second-order valence-corrected chi connectivity index (χ2v) is 2.83. The Morgan fingerprint density at radius 2 is 2.31 bits per heavy atom. The molecule has 0 fully saturated rings. The van der Waals surface area contributed by atoms with E-state index in [1.54, 1.807) is 19.5 Å². The molecule has 0 radical (unpaired) electrons. The normalized spacial score (nSPS) is 12.5. The van der Waals surface area contributed by atoms with Gasteiger partial charge in [-0.25, -0.2) is 0 Å². The quantitative estimate of drug-likeness (QED) is 0.667. The summed E-state index contributed by atoms with van der Waals surface area (Å²) in [4.78, 5) is 3.98. The number of rotatable bonds is 4. The molecule has 3 nitrogen and oxygen atoms in total. The van der Waals surface area contributed by atoms with Gasteiger partial charge in [0, 0.05) is 31.5 Å². The van der Waals surface area contributed by atoms with Crippen LogP contribution in [0.5, 0.6) is 5.75 Å². The van der Waals surface area contributed by atoms with Crippen LogP contribution in [0.15, 0.2) is 18.5 Å². The van der Waals surface area contributed by atoms with Crippen molar-refractivity contribution >= 4 is 0 Å². The number of pyridine rings is 1. The van der Waals surface area contributed by atoms with Gasteiger partial charge in [-0.2, -0.15) is 0 Å². The van der Waals surface area contributed by atoms with Crippen LogP contribution in [0, 0.1) is 6.92 Å². The zero-order valence-corrected chi connectivity index (χ0v) is 8.28. The molecule has 1 atom stereocenters. The SMILES string of the molecule is CCC(OC)Oc1ccncc1C. The van der Waals surface area contributed by atoms with Gasteiger partial charge < -0.3 is 9.47 Å². The zero-order chi connectivity index (χ0) is 9.68. The monoisotopic (exact) mass is 181 g/mol. The molecule has 0 saturated carbocycles. The minimum absolute atomic E-state index is 0.166. The van der Waals surface area contributed by atoms with Crippen LogP contribution in [0.4, 0.5) is 0 Å². The van der Waals surface area contributed by atoms with Crippen molar-refractivity contribution in [2.45, 2.75) is 26.6 Å². The van der Waals surface area contributed by atoms with Crippen LogP contribution in [0.3, 0.4) is 0 Å². The zero-order valence-electron chi connectivity index (χ0n) is 8.28. The summed E-state index contributed by atoms with van der Waals surface area (Å²) in [5.74, 6) is 0.837. The summed E-state index contributed by atoms with van der Waals surface area (Å²) in [6.45, 7) is 3.98. The van der Waals surface area contributed by atoms with Gasteiger partial charge >= 0.3 is 0 Å². The minimum atomic E-state index is -0.166. The summed E-state index contributed by atoms with van der Waals surface area (Å²) in [7, 11) is 1.64. The molecule has 0 aliphatic heterocycles. The van der Waals surface area contributed by atoms with Crippen molar-refractivity contribution in [1.29, 1.82) is 0 Å². The first kappa shape index (κ1) is 9.99. The average Bonchev–Trinajstić information content (AvgIpc) is 2.17. The predicted octanol–water partition coefficient (Wildman–Crippen LogP) is 2.15. The van der Waals surface area contributed by atoms with E-state index in [-0.39, 0.29) is 6.29 Å². The number of hydrogen-bond donors (Lipinski definition) is 0.